The summed E-state index contributed by atoms with van der Waals surface area (Å²) in [6.07, 6.45) is 3.75. The number of carbonyl (C=O) groups is 1. The van der Waals surface area contributed by atoms with E-state index in [-0.39, 0.29) is 12.3 Å². The molecule has 0 spiro atoms. The zero-order valence-electron chi connectivity index (χ0n) is 9.65. The lowest BCUT2D eigenvalue weighted by molar-refractivity contribution is -0.138. The van der Waals surface area contributed by atoms with E-state index in [1.807, 2.05) is 0 Å². The Labute approximate surface area is 100 Å². The Morgan fingerprint density at radius 1 is 1.29 bits per heavy atom. The first-order valence-corrected chi connectivity index (χ1v) is 5.91. The van der Waals surface area contributed by atoms with Crippen molar-refractivity contribution in [3.05, 3.63) is 28.8 Å². The van der Waals surface area contributed by atoms with Gasteiger partial charge in [0.05, 0.1) is 5.92 Å². The van der Waals surface area contributed by atoms with Gasteiger partial charge in [-0.25, -0.2) is 0 Å². The van der Waals surface area contributed by atoms with Gasteiger partial charge in [-0.05, 0) is 48.4 Å². The number of carboxylic acid groups (broad SMARTS) is 1. The van der Waals surface area contributed by atoms with Crippen LogP contribution in [0.3, 0.4) is 0 Å². The Morgan fingerprint density at radius 2 is 1.94 bits per heavy atom. The van der Waals surface area contributed by atoms with E-state index in [0.29, 0.717) is 0 Å². The quantitative estimate of drug-likeness (QED) is 0.739. The molecule has 1 aliphatic rings. The summed E-state index contributed by atoms with van der Waals surface area (Å²) in [7, 11) is 0. The summed E-state index contributed by atoms with van der Waals surface area (Å²) >= 11 is 0. The van der Waals surface area contributed by atoms with Crippen molar-refractivity contribution in [3.8, 4) is 5.75 Å². The molecule has 0 amide bonds. The minimum Gasteiger partial charge on any atom is -0.508 e. The van der Waals surface area contributed by atoms with Gasteiger partial charge in [0.2, 0.25) is 0 Å². The third kappa shape index (κ3) is 2.13. The van der Waals surface area contributed by atoms with Crippen LogP contribution >= 0.6 is 0 Å². The Balaban J connectivity index is 2.51. The van der Waals surface area contributed by atoms with Gasteiger partial charge in [0.1, 0.15) is 5.75 Å². The lowest BCUT2D eigenvalue weighted by atomic mass is 9.83. The zero-order chi connectivity index (χ0) is 12.4. The Bertz CT molecular complexity index is 443. The van der Waals surface area contributed by atoms with E-state index < -0.39 is 11.9 Å². The predicted molar refractivity (Wildman–Crippen MR) is 64.2 cm³/mol. The second-order valence-corrected chi connectivity index (χ2v) is 4.46. The molecule has 2 rings (SSSR count). The maximum atomic E-state index is 11.2. The van der Waals surface area contributed by atoms with E-state index in [2.05, 4.69) is 0 Å². The van der Waals surface area contributed by atoms with Gasteiger partial charge in [0.25, 0.3) is 0 Å². The van der Waals surface area contributed by atoms with E-state index in [1.54, 1.807) is 12.1 Å². The first-order chi connectivity index (χ1) is 8.15. The van der Waals surface area contributed by atoms with Gasteiger partial charge < -0.3 is 15.9 Å². The molecule has 0 heterocycles. The molecular formula is C13H17NO3. The third-order valence-electron chi connectivity index (χ3n) is 3.46. The van der Waals surface area contributed by atoms with Crippen LogP contribution in [0.4, 0.5) is 0 Å². The lowest BCUT2D eigenvalue weighted by Crippen LogP contribution is -2.23. The highest BCUT2D eigenvalue weighted by atomic mass is 16.4. The van der Waals surface area contributed by atoms with Crippen molar-refractivity contribution in [2.75, 3.05) is 6.54 Å². The molecule has 0 aromatic heterocycles. The number of aromatic hydroxyl groups is 1. The maximum Gasteiger partial charge on any atom is 0.312 e. The molecule has 1 aromatic carbocycles. The maximum absolute atomic E-state index is 11.2. The fourth-order valence-electron chi connectivity index (χ4n) is 2.56. The van der Waals surface area contributed by atoms with Crippen molar-refractivity contribution in [2.45, 2.75) is 31.6 Å². The second-order valence-electron chi connectivity index (χ2n) is 4.46. The molecule has 0 saturated heterocycles. The number of phenols is 1. The molecule has 0 saturated carbocycles. The number of phenolic OH excluding ortho intramolecular Hbond substituents is 1. The molecule has 4 nitrogen and oxygen atoms in total. The summed E-state index contributed by atoms with van der Waals surface area (Å²) in [6.45, 7) is 0.0898. The summed E-state index contributed by atoms with van der Waals surface area (Å²) < 4.78 is 0. The van der Waals surface area contributed by atoms with Crippen molar-refractivity contribution in [2.24, 2.45) is 5.73 Å². The number of benzene rings is 1. The molecule has 4 heteroatoms. The third-order valence-corrected chi connectivity index (χ3v) is 3.46. The highest BCUT2D eigenvalue weighted by molar-refractivity contribution is 5.77. The molecular weight excluding hydrogens is 218 g/mol. The van der Waals surface area contributed by atoms with Crippen molar-refractivity contribution in [1.82, 2.24) is 0 Å². The molecule has 0 radical (unpaired) electrons. The van der Waals surface area contributed by atoms with Crippen LogP contribution in [0.15, 0.2) is 12.1 Å². The molecule has 1 aliphatic carbocycles. The summed E-state index contributed by atoms with van der Waals surface area (Å²) in [5.74, 6) is -1.28. The molecule has 17 heavy (non-hydrogen) atoms. The Hall–Kier alpha value is -1.55. The van der Waals surface area contributed by atoms with Crippen LogP contribution in [0.5, 0.6) is 5.75 Å². The average Bonchev–Trinajstić information content (AvgIpc) is 2.33. The Morgan fingerprint density at radius 3 is 2.53 bits per heavy atom. The van der Waals surface area contributed by atoms with Crippen LogP contribution in [0.1, 0.15) is 35.4 Å². The van der Waals surface area contributed by atoms with Crippen LogP contribution < -0.4 is 5.73 Å². The van der Waals surface area contributed by atoms with E-state index in [9.17, 15) is 9.90 Å². The van der Waals surface area contributed by atoms with Crippen molar-refractivity contribution >= 4 is 5.97 Å². The number of hydrogen-bond acceptors (Lipinski definition) is 3. The SMILES string of the molecule is NCC(C(=O)O)c1ccc(O)c2c1CCCC2. The fraction of sp³-hybridized carbons (Fsp3) is 0.462. The monoisotopic (exact) mass is 235 g/mol. The molecule has 0 aliphatic heterocycles. The predicted octanol–water partition coefficient (Wildman–Crippen LogP) is 1.40. The normalized spacial score (nSPS) is 16.3. The van der Waals surface area contributed by atoms with Crippen molar-refractivity contribution < 1.29 is 15.0 Å². The molecule has 1 aromatic rings. The lowest BCUT2D eigenvalue weighted by Gasteiger charge is -2.23. The summed E-state index contributed by atoms with van der Waals surface area (Å²) in [4.78, 5) is 11.2. The van der Waals surface area contributed by atoms with Crippen LogP contribution in [0, 0.1) is 0 Å². The van der Waals surface area contributed by atoms with E-state index in [1.165, 1.54) is 0 Å². The van der Waals surface area contributed by atoms with Gasteiger partial charge in [-0.15, -0.1) is 0 Å². The highest BCUT2D eigenvalue weighted by Gasteiger charge is 2.25. The fourth-order valence-corrected chi connectivity index (χ4v) is 2.56. The number of hydrogen-bond donors (Lipinski definition) is 3. The first kappa shape index (κ1) is 11.9. The molecule has 92 valence electrons. The van der Waals surface area contributed by atoms with E-state index >= 15 is 0 Å². The zero-order valence-corrected chi connectivity index (χ0v) is 9.65. The molecule has 1 atom stereocenters. The summed E-state index contributed by atoms with van der Waals surface area (Å²) in [5.41, 5.74) is 8.21. The first-order valence-electron chi connectivity index (χ1n) is 5.91. The van der Waals surface area contributed by atoms with Crippen LogP contribution in [-0.2, 0) is 17.6 Å². The van der Waals surface area contributed by atoms with Crippen molar-refractivity contribution in [1.29, 1.82) is 0 Å². The minimum atomic E-state index is -0.897. The van der Waals surface area contributed by atoms with Gasteiger partial charge in [0.15, 0.2) is 0 Å². The van der Waals surface area contributed by atoms with Crippen molar-refractivity contribution in [3.63, 3.8) is 0 Å². The van der Waals surface area contributed by atoms with Gasteiger partial charge in [0, 0.05) is 6.54 Å². The van der Waals surface area contributed by atoms with Gasteiger partial charge in [-0.3, -0.25) is 4.79 Å². The largest absolute Gasteiger partial charge is 0.508 e. The molecule has 1 unspecified atom stereocenters. The number of rotatable bonds is 3. The smallest absolute Gasteiger partial charge is 0.312 e. The second kappa shape index (κ2) is 4.75. The number of fused-ring (bicyclic) bond motifs is 1. The van der Waals surface area contributed by atoms with Crippen LogP contribution in [0.25, 0.3) is 0 Å². The van der Waals surface area contributed by atoms with Gasteiger partial charge in [-0.2, -0.15) is 0 Å². The standard InChI is InChI=1S/C13H17NO3/c14-7-11(13(16)17)9-5-6-12(15)10-4-2-1-3-8(9)10/h5-6,11,15H,1-4,7,14H2,(H,16,17). The van der Waals surface area contributed by atoms with Crippen LogP contribution in [-0.4, -0.2) is 22.7 Å². The highest BCUT2D eigenvalue weighted by Crippen LogP contribution is 2.34. The van der Waals surface area contributed by atoms with Crippen LogP contribution in [0.2, 0.25) is 0 Å². The minimum absolute atomic E-state index is 0.0898. The number of nitrogens with two attached hydrogens (primary N) is 1. The molecule has 0 bridgehead atoms. The van der Waals surface area contributed by atoms with E-state index in [4.69, 9.17) is 10.8 Å². The van der Waals surface area contributed by atoms with Gasteiger partial charge in [-0.1, -0.05) is 6.07 Å². The van der Waals surface area contributed by atoms with E-state index in [0.717, 1.165) is 42.4 Å². The average molecular weight is 235 g/mol. The Kier molecular flexibility index (Phi) is 3.33. The summed E-state index contributed by atoms with van der Waals surface area (Å²) in [5, 5.41) is 19.0. The topological polar surface area (TPSA) is 83.6 Å². The van der Waals surface area contributed by atoms with Gasteiger partial charge >= 0.3 is 5.97 Å². The summed E-state index contributed by atoms with van der Waals surface area (Å²) in [6, 6.07) is 3.29. The molecule has 4 N–H and O–H groups in total. The number of carboxylic acids is 1. The number of aliphatic carboxylic acids is 1. The molecule has 0 fully saturated rings.